The Bertz CT molecular complexity index is 379. The molecule has 88 valence electrons. The number of hydrogen-bond acceptors (Lipinski definition) is 3. The van der Waals surface area contributed by atoms with Crippen LogP contribution in [0.3, 0.4) is 0 Å². The highest BCUT2D eigenvalue weighted by atomic mass is 16.2. The van der Waals surface area contributed by atoms with Crippen LogP contribution in [0.1, 0.15) is 31.4 Å². The highest BCUT2D eigenvalue weighted by Crippen LogP contribution is 2.27. The van der Waals surface area contributed by atoms with E-state index >= 15 is 0 Å². The molecule has 1 aliphatic carbocycles. The first-order valence-electron chi connectivity index (χ1n) is 5.66. The van der Waals surface area contributed by atoms with Gasteiger partial charge in [-0.25, -0.2) is 0 Å². The van der Waals surface area contributed by atoms with Crippen LogP contribution in [-0.2, 0) is 18.4 Å². The van der Waals surface area contributed by atoms with Gasteiger partial charge in [0.15, 0.2) is 0 Å². The van der Waals surface area contributed by atoms with Crippen LogP contribution in [0.5, 0.6) is 0 Å². The SMILES string of the molecule is Cn1ccc(CNC(=O)C2(N)CCCC2)n1. The van der Waals surface area contributed by atoms with Gasteiger partial charge < -0.3 is 11.1 Å². The maximum absolute atomic E-state index is 11.9. The van der Waals surface area contributed by atoms with Crippen molar-refractivity contribution in [3.05, 3.63) is 18.0 Å². The Morgan fingerprint density at radius 1 is 1.62 bits per heavy atom. The predicted octanol–water partition coefficient (Wildman–Crippen LogP) is 0.308. The Labute approximate surface area is 95.0 Å². The average molecular weight is 222 g/mol. The molecule has 5 nitrogen and oxygen atoms in total. The summed E-state index contributed by atoms with van der Waals surface area (Å²) < 4.78 is 1.72. The van der Waals surface area contributed by atoms with Gasteiger partial charge in [0.25, 0.3) is 0 Å². The molecule has 0 saturated heterocycles. The van der Waals surface area contributed by atoms with Crippen molar-refractivity contribution in [2.75, 3.05) is 0 Å². The molecule has 0 atom stereocenters. The Morgan fingerprint density at radius 2 is 2.31 bits per heavy atom. The number of carbonyl (C=O) groups excluding carboxylic acids is 1. The zero-order chi connectivity index (χ0) is 11.6. The van der Waals surface area contributed by atoms with Crippen molar-refractivity contribution < 1.29 is 4.79 Å². The van der Waals surface area contributed by atoms with Gasteiger partial charge in [-0.1, -0.05) is 12.8 Å². The van der Waals surface area contributed by atoms with Crippen LogP contribution in [0, 0.1) is 0 Å². The molecule has 1 saturated carbocycles. The molecule has 2 rings (SSSR count). The van der Waals surface area contributed by atoms with E-state index in [1.54, 1.807) is 4.68 Å². The second-order valence-corrected chi connectivity index (χ2v) is 4.53. The van der Waals surface area contributed by atoms with Crippen LogP contribution in [0.4, 0.5) is 0 Å². The molecule has 1 amide bonds. The molecule has 0 bridgehead atoms. The van der Waals surface area contributed by atoms with Gasteiger partial charge in [0.2, 0.25) is 5.91 Å². The minimum atomic E-state index is -0.644. The summed E-state index contributed by atoms with van der Waals surface area (Å²) in [6, 6.07) is 1.89. The number of nitrogens with zero attached hydrogens (tertiary/aromatic N) is 2. The summed E-state index contributed by atoms with van der Waals surface area (Å²) in [5, 5.41) is 7.05. The van der Waals surface area contributed by atoms with E-state index in [1.165, 1.54) is 0 Å². The van der Waals surface area contributed by atoms with Gasteiger partial charge in [-0.2, -0.15) is 5.10 Å². The first kappa shape index (κ1) is 11.1. The fraction of sp³-hybridized carbons (Fsp3) is 0.636. The lowest BCUT2D eigenvalue weighted by molar-refractivity contribution is -0.126. The van der Waals surface area contributed by atoms with E-state index in [-0.39, 0.29) is 5.91 Å². The largest absolute Gasteiger partial charge is 0.349 e. The molecule has 1 aliphatic rings. The molecular formula is C11H18N4O. The first-order valence-corrected chi connectivity index (χ1v) is 5.66. The van der Waals surface area contributed by atoms with Crippen molar-refractivity contribution in [3.8, 4) is 0 Å². The van der Waals surface area contributed by atoms with E-state index in [2.05, 4.69) is 10.4 Å². The quantitative estimate of drug-likeness (QED) is 0.773. The van der Waals surface area contributed by atoms with Crippen LogP contribution < -0.4 is 11.1 Å². The lowest BCUT2D eigenvalue weighted by Gasteiger charge is -2.21. The molecule has 16 heavy (non-hydrogen) atoms. The second-order valence-electron chi connectivity index (χ2n) is 4.53. The summed E-state index contributed by atoms with van der Waals surface area (Å²) in [4.78, 5) is 11.9. The van der Waals surface area contributed by atoms with E-state index in [0.717, 1.165) is 31.4 Å². The summed E-state index contributed by atoms with van der Waals surface area (Å²) >= 11 is 0. The van der Waals surface area contributed by atoms with Crippen molar-refractivity contribution in [3.63, 3.8) is 0 Å². The first-order chi connectivity index (χ1) is 7.60. The summed E-state index contributed by atoms with van der Waals surface area (Å²) in [5.41, 5.74) is 6.25. The molecule has 1 fully saturated rings. The number of aromatic nitrogens is 2. The smallest absolute Gasteiger partial charge is 0.240 e. The Balaban J connectivity index is 1.88. The normalized spacial score (nSPS) is 18.6. The van der Waals surface area contributed by atoms with Crippen LogP contribution in [-0.4, -0.2) is 21.2 Å². The second kappa shape index (κ2) is 4.25. The van der Waals surface area contributed by atoms with E-state index in [1.807, 2.05) is 19.3 Å². The van der Waals surface area contributed by atoms with Crippen molar-refractivity contribution in [1.82, 2.24) is 15.1 Å². The van der Waals surface area contributed by atoms with E-state index in [9.17, 15) is 4.79 Å². The van der Waals surface area contributed by atoms with Gasteiger partial charge in [0.1, 0.15) is 0 Å². The van der Waals surface area contributed by atoms with E-state index in [0.29, 0.717) is 6.54 Å². The zero-order valence-electron chi connectivity index (χ0n) is 9.57. The molecule has 1 aromatic rings. The standard InChI is InChI=1S/C11H18N4O/c1-15-7-4-9(14-15)8-13-10(16)11(12)5-2-3-6-11/h4,7H,2-3,5-6,8,12H2,1H3,(H,13,16). The van der Waals surface area contributed by atoms with Gasteiger partial charge in [-0.3, -0.25) is 9.48 Å². The summed E-state index contributed by atoms with van der Waals surface area (Å²) in [6.45, 7) is 0.457. The molecule has 5 heteroatoms. The zero-order valence-corrected chi connectivity index (χ0v) is 9.57. The lowest BCUT2D eigenvalue weighted by atomic mass is 9.98. The van der Waals surface area contributed by atoms with Gasteiger partial charge in [0.05, 0.1) is 17.8 Å². The maximum Gasteiger partial charge on any atom is 0.240 e. The molecule has 0 unspecified atom stereocenters. The predicted molar refractivity (Wildman–Crippen MR) is 60.4 cm³/mol. The highest BCUT2D eigenvalue weighted by molar-refractivity contribution is 5.86. The fourth-order valence-electron chi connectivity index (χ4n) is 2.14. The monoisotopic (exact) mass is 222 g/mol. The van der Waals surface area contributed by atoms with Crippen LogP contribution in [0.15, 0.2) is 12.3 Å². The number of amides is 1. The third-order valence-corrected chi connectivity index (χ3v) is 3.15. The molecule has 0 aliphatic heterocycles. The summed E-state index contributed by atoms with van der Waals surface area (Å²) in [6.07, 6.45) is 5.54. The lowest BCUT2D eigenvalue weighted by Crippen LogP contribution is -2.51. The van der Waals surface area contributed by atoms with Crippen LogP contribution in [0.2, 0.25) is 0 Å². The number of rotatable bonds is 3. The van der Waals surface area contributed by atoms with Crippen LogP contribution in [0.25, 0.3) is 0 Å². The third kappa shape index (κ3) is 2.24. The minimum absolute atomic E-state index is 0.0457. The topological polar surface area (TPSA) is 72.9 Å². The van der Waals surface area contributed by atoms with Gasteiger partial charge in [-0.15, -0.1) is 0 Å². The van der Waals surface area contributed by atoms with Gasteiger partial charge >= 0.3 is 0 Å². The number of hydrogen-bond donors (Lipinski definition) is 2. The number of nitrogens with two attached hydrogens (primary N) is 1. The van der Waals surface area contributed by atoms with Gasteiger partial charge in [-0.05, 0) is 18.9 Å². The van der Waals surface area contributed by atoms with Crippen molar-refractivity contribution in [2.45, 2.75) is 37.8 Å². The molecule has 0 radical (unpaired) electrons. The molecule has 1 heterocycles. The fourth-order valence-corrected chi connectivity index (χ4v) is 2.14. The Hall–Kier alpha value is -1.36. The number of aryl methyl sites for hydroxylation is 1. The average Bonchev–Trinajstić information content (AvgIpc) is 2.85. The number of nitrogens with one attached hydrogen (secondary N) is 1. The van der Waals surface area contributed by atoms with Crippen LogP contribution >= 0.6 is 0 Å². The Morgan fingerprint density at radius 3 is 2.88 bits per heavy atom. The Kier molecular flexibility index (Phi) is 2.96. The van der Waals surface area contributed by atoms with Crippen molar-refractivity contribution in [1.29, 1.82) is 0 Å². The molecule has 0 aromatic carbocycles. The van der Waals surface area contributed by atoms with E-state index in [4.69, 9.17) is 5.73 Å². The molecule has 1 aromatic heterocycles. The van der Waals surface area contributed by atoms with E-state index < -0.39 is 5.54 Å². The number of carbonyl (C=O) groups is 1. The van der Waals surface area contributed by atoms with Crippen molar-refractivity contribution >= 4 is 5.91 Å². The maximum atomic E-state index is 11.9. The van der Waals surface area contributed by atoms with Crippen molar-refractivity contribution in [2.24, 2.45) is 12.8 Å². The van der Waals surface area contributed by atoms with Gasteiger partial charge in [0, 0.05) is 13.2 Å². The summed E-state index contributed by atoms with van der Waals surface area (Å²) in [7, 11) is 1.85. The molecule has 3 N–H and O–H groups in total. The third-order valence-electron chi connectivity index (χ3n) is 3.15. The minimum Gasteiger partial charge on any atom is -0.349 e. The highest BCUT2D eigenvalue weighted by Gasteiger charge is 2.36. The molecule has 0 spiro atoms. The summed E-state index contributed by atoms with van der Waals surface area (Å²) in [5.74, 6) is -0.0457. The molecular weight excluding hydrogens is 204 g/mol.